The summed E-state index contributed by atoms with van der Waals surface area (Å²) < 4.78 is 2.05. The van der Waals surface area contributed by atoms with Gasteiger partial charge in [0.2, 0.25) is 0 Å². The zero-order chi connectivity index (χ0) is 13.2. The van der Waals surface area contributed by atoms with E-state index in [4.69, 9.17) is 0 Å². The van der Waals surface area contributed by atoms with E-state index in [2.05, 4.69) is 26.7 Å². The molecule has 2 aliphatic rings. The molecule has 0 radical (unpaired) electrons. The summed E-state index contributed by atoms with van der Waals surface area (Å²) in [5.41, 5.74) is 0. The quantitative estimate of drug-likeness (QED) is 0.874. The maximum absolute atomic E-state index is 9.25. The number of aromatic nitrogens is 3. The lowest BCUT2D eigenvalue weighted by atomic mass is 9.93. The van der Waals surface area contributed by atoms with Crippen molar-refractivity contribution in [3.05, 3.63) is 11.6 Å². The van der Waals surface area contributed by atoms with Gasteiger partial charge in [-0.3, -0.25) is 0 Å². The highest BCUT2D eigenvalue weighted by molar-refractivity contribution is 4.99. The third-order valence-corrected chi connectivity index (χ3v) is 4.58. The fraction of sp³-hybridized carbons (Fsp3) is 0.857. The summed E-state index contributed by atoms with van der Waals surface area (Å²) in [6.45, 7) is 3.59. The van der Waals surface area contributed by atoms with E-state index in [1.54, 1.807) is 0 Å². The van der Waals surface area contributed by atoms with Crippen LogP contribution in [0.5, 0.6) is 0 Å². The third-order valence-electron chi connectivity index (χ3n) is 4.58. The van der Waals surface area contributed by atoms with Crippen molar-refractivity contribution >= 4 is 0 Å². The van der Waals surface area contributed by atoms with Crippen LogP contribution in [0.25, 0.3) is 0 Å². The minimum atomic E-state index is 0.275. The van der Waals surface area contributed by atoms with Crippen LogP contribution in [-0.2, 0) is 19.4 Å². The van der Waals surface area contributed by atoms with Gasteiger partial charge in [-0.1, -0.05) is 0 Å². The molecule has 1 aromatic heterocycles. The minimum absolute atomic E-state index is 0.275. The number of hydrogen-bond donors (Lipinski definition) is 1. The van der Waals surface area contributed by atoms with Crippen molar-refractivity contribution in [3.63, 3.8) is 0 Å². The topological polar surface area (TPSA) is 54.2 Å². The average molecular weight is 264 g/mol. The minimum Gasteiger partial charge on any atom is -0.396 e. The molecular formula is C14H24N4O. The van der Waals surface area contributed by atoms with Gasteiger partial charge in [-0.2, -0.15) is 5.10 Å². The van der Waals surface area contributed by atoms with Crippen LogP contribution in [-0.4, -0.2) is 51.5 Å². The Morgan fingerprint density at radius 3 is 2.63 bits per heavy atom. The zero-order valence-corrected chi connectivity index (χ0v) is 11.8. The van der Waals surface area contributed by atoms with Crippen LogP contribution in [0.4, 0.5) is 0 Å². The Balaban J connectivity index is 1.62. The molecule has 0 aliphatic carbocycles. The Bertz CT molecular complexity index is 423. The molecule has 1 fully saturated rings. The van der Waals surface area contributed by atoms with Crippen molar-refractivity contribution in [3.8, 4) is 0 Å². The largest absolute Gasteiger partial charge is 0.396 e. The van der Waals surface area contributed by atoms with Crippen molar-refractivity contribution in [2.75, 3.05) is 26.7 Å². The molecule has 0 aromatic carbocycles. The van der Waals surface area contributed by atoms with Gasteiger partial charge in [0.1, 0.15) is 5.82 Å². The molecule has 1 N–H and O–H groups in total. The number of hydrogen-bond acceptors (Lipinski definition) is 4. The standard InChI is InChI=1S/C14H24N4O/c1-17-5-2-11(3-6-17)8-13-15-14-9-12(10-19)4-7-18(14)16-13/h11-12,19H,2-10H2,1H3. The SMILES string of the molecule is CN1CCC(Cc2nc3n(n2)CCC(CO)C3)CC1. The Morgan fingerprint density at radius 1 is 1.16 bits per heavy atom. The molecular weight excluding hydrogens is 240 g/mol. The molecule has 0 bridgehead atoms. The van der Waals surface area contributed by atoms with E-state index >= 15 is 0 Å². The fourth-order valence-electron chi connectivity index (χ4n) is 3.19. The number of aliphatic hydroxyl groups excluding tert-OH is 1. The van der Waals surface area contributed by atoms with E-state index in [0.717, 1.165) is 43.4 Å². The van der Waals surface area contributed by atoms with Crippen LogP contribution in [0.1, 0.15) is 30.9 Å². The van der Waals surface area contributed by atoms with Crippen molar-refractivity contribution in [1.82, 2.24) is 19.7 Å². The van der Waals surface area contributed by atoms with Gasteiger partial charge in [0.05, 0.1) is 0 Å². The highest BCUT2D eigenvalue weighted by Gasteiger charge is 2.23. The molecule has 19 heavy (non-hydrogen) atoms. The normalized spacial score (nSPS) is 25.5. The van der Waals surface area contributed by atoms with Gasteiger partial charge in [0, 0.05) is 26.0 Å². The van der Waals surface area contributed by atoms with Gasteiger partial charge in [-0.15, -0.1) is 0 Å². The first-order valence-electron chi connectivity index (χ1n) is 7.46. The fourth-order valence-corrected chi connectivity index (χ4v) is 3.19. The summed E-state index contributed by atoms with van der Waals surface area (Å²) >= 11 is 0. The van der Waals surface area contributed by atoms with Crippen molar-refractivity contribution < 1.29 is 5.11 Å². The van der Waals surface area contributed by atoms with E-state index in [1.807, 2.05) is 0 Å². The Kier molecular flexibility index (Phi) is 3.84. The number of piperidine rings is 1. The molecule has 0 spiro atoms. The van der Waals surface area contributed by atoms with Crippen LogP contribution >= 0.6 is 0 Å². The summed E-state index contributed by atoms with van der Waals surface area (Å²) in [7, 11) is 2.19. The molecule has 1 aromatic rings. The lowest BCUT2D eigenvalue weighted by Gasteiger charge is -2.28. The first-order chi connectivity index (χ1) is 9.24. The number of aliphatic hydroxyl groups is 1. The molecule has 106 valence electrons. The average Bonchev–Trinajstić information content (AvgIpc) is 2.82. The van der Waals surface area contributed by atoms with Gasteiger partial charge < -0.3 is 10.0 Å². The van der Waals surface area contributed by atoms with E-state index in [9.17, 15) is 5.11 Å². The van der Waals surface area contributed by atoms with Crippen molar-refractivity contribution in [2.24, 2.45) is 11.8 Å². The zero-order valence-electron chi connectivity index (χ0n) is 11.8. The van der Waals surface area contributed by atoms with Gasteiger partial charge in [-0.05, 0) is 51.2 Å². The van der Waals surface area contributed by atoms with Gasteiger partial charge in [0.25, 0.3) is 0 Å². The maximum atomic E-state index is 9.25. The monoisotopic (exact) mass is 264 g/mol. The summed E-state index contributed by atoms with van der Waals surface area (Å²) in [5.74, 6) is 3.22. The summed E-state index contributed by atoms with van der Waals surface area (Å²) in [6.07, 6.45) is 5.47. The lowest BCUT2D eigenvalue weighted by Crippen LogP contribution is -2.31. The smallest absolute Gasteiger partial charge is 0.151 e. The number of rotatable bonds is 3. The van der Waals surface area contributed by atoms with Gasteiger partial charge in [-0.25, -0.2) is 9.67 Å². The van der Waals surface area contributed by atoms with Gasteiger partial charge >= 0.3 is 0 Å². The van der Waals surface area contributed by atoms with Crippen molar-refractivity contribution in [2.45, 2.75) is 38.6 Å². The van der Waals surface area contributed by atoms with Crippen LogP contribution in [0.3, 0.4) is 0 Å². The lowest BCUT2D eigenvalue weighted by molar-refractivity contribution is 0.196. The van der Waals surface area contributed by atoms with E-state index in [0.29, 0.717) is 5.92 Å². The molecule has 0 saturated carbocycles. The van der Waals surface area contributed by atoms with Crippen LogP contribution in [0, 0.1) is 11.8 Å². The second-order valence-electron chi connectivity index (χ2n) is 6.16. The number of fused-ring (bicyclic) bond motifs is 1. The predicted octanol–water partition coefficient (Wildman–Crippen LogP) is 0.717. The molecule has 3 heterocycles. The molecule has 5 nitrogen and oxygen atoms in total. The molecule has 5 heteroatoms. The number of likely N-dealkylation sites (tertiary alicyclic amines) is 1. The predicted molar refractivity (Wildman–Crippen MR) is 72.8 cm³/mol. The summed E-state index contributed by atoms with van der Waals surface area (Å²) in [4.78, 5) is 7.09. The second-order valence-corrected chi connectivity index (χ2v) is 6.16. The van der Waals surface area contributed by atoms with E-state index in [-0.39, 0.29) is 6.61 Å². The summed E-state index contributed by atoms with van der Waals surface area (Å²) in [6, 6.07) is 0. The molecule has 1 atom stereocenters. The molecule has 2 aliphatic heterocycles. The van der Waals surface area contributed by atoms with Gasteiger partial charge in [0.15, 0.2) is 5.82 Å². The van der Waals surface area contributed by atoms with Crippen LogP contribution < -0.4 is 0 Å². The van der Waals surface area contributed by atoms with Crippen LogP contribution in [0.2, 0.25) is 0 Å². The number of nitrogens with zero attached hydrogens (tertiary/aromatic N) is 4. The first-order valence-corrected chi connectivity index (χ1v) is 7.46. The highest BCUT2D eigenvalue weighted by atomic mass is 16.3. The molecule has 0 amide bonds. The molecule has 1 saturated heterocycles. The Labute approximate surface area is 114 Å². The third kappa shape index (κ3) is 2.98. The first kappa shape index (κ1) is 13.1. The maximum Gasteiger partial charge on any atom is 0.151 e. The van der Waals surface area contributed by atoms with Crippen LogP contribution in [0.15, 0.2) is 0 Å². The van der Waals surface area contributed by atoms with E-state index < -0.39 is 0 Å². The van der Waals surface area contributed by atoms with E-state index in [1.165, 1.54) is 25.9 Å². The van der Waals surface area contributed by atoms with Crippen molar-refractivity contribution in [1.29, 1.82) is 0 Å². The molecule has 3 rings (SSSR count). The number of aryl methyl sites for hydroxylation is 1. The Hall–Kier alpha value is -0.940. The Morgan fingerprint density at radius 2 is 1.89 bits per heavy atom. The second kappa shape index (κ2) is 5.59. The highest BCUT2D eigenvalue weighted by Crippen LogP contribution is 2.22. The summed E-state index contributed by atoms with van der Waals surface area (Å²) in [5, 5.41) is 13.9. The molecule has 1 unspecified atom stereocenters.